The minimum atomic E-state index is -4.00. The molecule has 2 atom stereocenters. The molecule has 1 saturated heterocycles. The number of sulfonamides is 1. The molecule has 0 aliphatic carbocycles. The number of ether oxygens (including phenoxy) is 1. The number of benzene rings is 7. The zero-order valence-electron chi connectivity index (χ0n) is 34.0. The molecule has 0 unspecified atom stereocenters. The molecule has 0 bridgehead atoms. The molecule has 8 aromatic rings. The van der Waals surface area contributed by atoms with Gasteiger partial charge in [-0.1, -0.05) is 182 Å². The second-order valence-electron chi connectivity index (χ2n) is 15.3. The molecule has 11 heteroatoms. The molecular weight excluding hydrogens is 793 g/mol. The third kappa shape index (κ3) is 7.62. The Morgan fingerprint density at radius 3 is 1.71 bits per heavy atom. The molecule has 1 aromatic heterocycles. The number of nitrogens with zero attached hydrogens (tertiary/aromatic N) is 5. The van der Waals surface area contributed by atoms with Crippen molar-refractivity contribution in [1.29, 1.82) is 0 Å². The maximum absolute atomic E-state index is 14.0. The number of carbonyl (C=O) groups excluding carboxylic acids is 1. The van der Waals surface area contributed by atoms with Gasteiger partial charge in [-0.25, -0.2) is 13.1 Å². The van der Waals surface area contributed by atoms with E-state index in [1.54, 1.807) is 24.3 Å². The fourth-order valence-corrected chi connectivity index (χ4v) is 10.3. The van der Waals surface area contributed by atoms with Crippen LogP contribution in [-0.4, -0.2) is 64.6 Å². The molecule has 2 heterocycles. The van der Waals surface area contributed by atoms with Gasteiger partial charge >= 0.3 is 5.97 Å². The van der Waals surface area contributed by atoms with Crippen LogP contribution >= 0.6 is 0 Å². The zero-order valence-corrected chi connectivity index (χ0v) is 34.8. The van der Waals surface area contributed by atoms with Crippen LogP contribution in [0.1, 0.15) is 28.7 Å². The Morgan fingerprint density at radius 1 is 0.645 bits per heavy atom. The smallest absolute Gasteiger partial charge is 0.324 e. The molecule has 9 rings (SSSR count). The summed E-state index contributed by atoms with van der Waals surface area (Å²) < 4.78 is 36.3. The standard InChI is InChI=1S/C51H44N6O4S/c1-61-50(58)48-34-44(36-56(48)62(59,60)45-32-30-39(31-33-45)38-16-6-2-7-17-38)52-35-37-26-28-40(29-27-37)46-24-14-15-25-47(46)49-53-54-55-57(49)51(41-18-8-3-9-19-41,42-20-10-4-11-21-42)43-22-12-5-13-23-43/h2-33,44,48,52H,34-36H2,1H3/t44-,48-/m0/s1. The first-order valence-corrected chi connectivity index (χ1v) is 21.9. The maximum atomic E-state index is 14.0. The first-order chi connectivity index (χ1) is 30.4. The lowest BCUT2D eigenvalue weighted by Gasteiger charge is -2.36. The lowest BCUT2D eigenvalue weighted by atomic mass is 9.77. The van der Waals surface area contributed by atoms with Crippen LogP contribution < -0.4 is 5.32 Å². The van der Waals surface area contributed by atoms with Gasteiger partial charge < -0.3 is 10.1 Å². The molecule has 1 fully saturated rings. The van der Waals surface area contributed by atoms with Crippen molar-refractivity contribution < 1.29 is 17.9 Å². The molecule has 1 aliphatic rings. The van der Waals surface area contributed by atoms with E-state index < -0.39 is 27.6 Å². The van der Waals surface area contributed by atoms with Gasteiger partial charge in [-0.2, -0.15) is 4.31 Å². The number of nitrogens with one attached hydrogen (secondary N) is 1. The van der Waals surface area contributed by atoms with Gasteiger partial charge in [0.2, 0.25) is 10.0 Å². The highest BCUT2D eigenvalue weighted by Gasteiger charge is 2.45. The topological polar surface area (TPSA) is 119 Å². The number of carbonyl (C=O) groups is 1. The van der Waals surface area contributed by atoms with Crippen molar-refractivity contribution in [2.75, 3.05) is 13.7 Å². The van der Waals surface area contributed by atoms with E-state index in [-0.39, 0.29) is 23.9 Å². The Hall–Kier alpha value is -7.05. The third-order valence-corrected chi connectivity index (χ3v) is 13.6. The highest BCUT2D eigenvalue weighted by Crippen LogP contribution is 2.43. The molecule has 1 aliphatic heterocycles. The van der Waals surface area contributed by atoms with Crippen molar-refractivity contribution in [3.63, 3.8) is 0 Å². The molecule has 10 nitrogen and oxygen atoms in total. The average Bonchev–Trinajstić information content (AvgIpc) is 4.02. The van der Waals surface area contributed by atoms with Gasteiger partial charge in [0.25, 0.3) is 0 Å². The van der Waals surface area contributed by atoms with Crippen LogP contribution in [0.2, 0.25) is 0 Å². The van der Waals surface area contributed by atoms with Crippen molar-refractivity contribution in [2.24, 2.45) is 0 Å². The number of tetrazole rings is 1. The first kappa shape index (κ1) is 40.4. The number of hydrogen-bond acceptors (Lipinski definition) is 8. The highest BCUT2D eigenvalue weighted by molar-refractivity contribution is 7.89. The maximum Gasteiger partial charge on any atom is 0.324 e. The van der Waals surface area contributed by atoms with Crippen LogP contribution in [0.5, 0.6) is 0 Å². The van der Waals surface area contributed by atoms with E-state index >= 15 is 0 Å². The largest absolute Gasteiger partial charge is 0.468 e. The Labute approximate surface area is 361 Å². The van der Waals surface area contributed by atoms with Gasteiger partial charge in [0.05, 0.1) is 12.0 Å². The minimum absolute atomic E-state index is 0.124. The van der Waals surface area contributed by atoms with E-state index in [0.717, 1.165) is 50.1 Å². The molecule has 62 heavy (non-hydrogen) atoms. The molecule has 0 spiro atoms. The molecule has 1 N–H and O–H groups in total. The van der Waals surface area contributed by atoms with Gasteiger partial charge in [0, 0.05) is 24.7 Å². The number of esters is 1. The Morgan fingerprint density at radius 2 is 1.15 bits per heavy atom. The molecule has 7 aromatic carbocycles. The predicted octanol–water partition coefficient (Wildman–Crippen LogP) is 8.61. The number of methoxy groups -OCH3 is 1. The fourth-order valence-electron chi connectivity index (χ4n) is 8.63. The number of hydrogen-bond donors (Lipinski definition) is 1. The average molecular weight is 837 g/mol. The summed E-state index contributed by atoms with van der Waals surface area (Å²) in [7, 11) is -2.71. The summed E-state index contributed by atoms with van der Waals surface area (Å²) in [5.41, 5.74) is 7.83. The molecule has 308 valence electrons. The molecule has 0 amide bonds. The van der Waals surface area contributed by atoms with Crippen LogP contribution in [0.3, 0.4) is 0 Å². The number of aromatic nitrogens is 4. The Kier molecular flexibility index (Phi) is 11.4. The van der Waals surface area contributed by atoms with E-state index in [1.165, 1.54) is 11.4 Å². The van der Waals surface area contributed by atoms with Gasteiger partial charge in [0.1, 0.15) is 11.6 Å². The quantitative estimate of drug-likeness (QED) is 0.0907. The second-order valence-corrected chi connectivity index (χ2v) is 17.2. The lowest BCUT2D eigenvalue weighted by molar-refractivity contribution is -0.144. The summed E-state index contributed by atoms with van der Waals surface area (Å²) in [6.45, 7) is 0.589. The molecule has 0 saturated carbocycles. The second kappa shape index (κ2) is 17.5. The van der Waals surface area contributed by atoms with E-state index in [0.29, 0.717) is 12.4 Å². The van der Waals surface area contributed by atoms with Gasteiger partial charge in [-0.15, -0.1) is 5.10 Å². The number of rotatable bonds is 13. The highest BCUT2D eigenvalue weighted by atomic mass is 32.2. The van der Waals surface area contributed by atoms with Gasteiger partial charge in [-0.3, -0.25) is 4.79 Å². The van der Waals surface area contributed by atoms with E-state index in [9.17, 15) is 13.2 Å². The summed E-state index contributed by atoms with van der Waals surface area (Å²) in [4.78, 5) is 13.1. The van der Waals surface area contributed by atoms with Crippen molar-refractivity contribution in [3.8, 4) is 33.6 Å². The first-order valence-electron chi connectivity index (χ1n) is 20.5. The third-order valence-electron chi connectivity index (χ3n) is 11.7. The zero-order chi connectivity index (χ0) is 42.5. The summed E-state index contributed by atoms with van der Waals surface area (Å²) in [5.74, 6) is 0.0253. The van der Waals surface area contributed by atoms with E-state index in [2.05, 4.69) is 77.3 Å². The summed E-state index contributed by atoms with van der Waals surface area (Å²) in [6.07, 6.45) is 0.282. The molecular formula is C51H44N6O4S. The van der Waals surface area contributed by atoms with Crippen LogP contribution in [-0.2, 0) is 31.6 Å². The van der Waals surface area contributed by atoms with Crippen LogP contribution in [0.25, 0.3) is 33.6 Å². The van der Waals surface area contributed by atoms with Crippen LogP contribution in [0.15, 0.2) is 199 Å². The summed E-state index contributed by atoms with van der Waals surface area (Å²) in [5, 5.41) is 17.3. The van der Waals surface area contributed by atoms with Crippen molar-refractivity contribution in [2.45, 2.75) is 35.5 Å². The van der Waals surface area contributed by atoms with Crippen molar-refractivity contribution in [1.82, 2.24) is 29.8 Å². The lowest BCUT2D eigenvalue weighted by Crippen LogP contribution is -2.41. The van der Waals surface area contributed by atoms with Crippen LogP contribution in [0.4, 0.5) is 0 Å². The van der Waals surface area contributed by atoms with E-state index in [4.69, 9.17) is 15.0 Å². The normalized spacial score (nSPS) is 15.6. The Bertz CT molecular complexity index is 2780. The summed E-state index contributed by atoms with van der Waals surface area (Å²) >= 11 is 0. The van der Waals surface area contributed by atoms with Gasteiger partial charge in [0.15, 0.2) is 5.82 Å². The van der Waals surface area contributed by atoms with E-state index in [1.807, 2.05) is 108 Å². The predicted molar refractivity (Wildman–Crippen MR) is 240 cm³/mol. The monoisotopic (exact) mass is 836 g/mol. The van der Waals surface area contributed by atoms with Gasteiger partial charge in [-0.05, 0) is 73.5 Å². The van der Waals surface area contributed by atoms with Crippen LogP contribution in [0, 0.1) is 0 Å². The Balaban J connectivity index is 0.976. The molecule has 0 radical (unpaired) electrons. The fraction of sp³-hybridized carbons (Fsp3) is 0.137. The SMILES string of the molecule is COC(=O)[C@@H]1C[C@H](NCc2ccc(-c3ccccc3-c3nnnn3C(c3ccccc3)(c3ccccc3)c3ccccc3)cc2)CN1S(=O)(=O)c1ccc(-c2ccccc2)cc1. The van der Waals surface area contributed by atoms with Crippen molar-refractivity contribution in [3.05, 3.63) is 216 Å². The minimum Gasteiger partial charge on any atom is -0.468 e. The van der Waals surface area contributed by atoms with Crippen molar-refractivity contribution >= 4 is 16.0 Å². The summed E-state index contributed by atoms with van der Waals surface area (Å²) in [6, 6.07) is 62.7.